The van der Waals surface area contributed by atoms with Crippen LogP contribution in [0.2, 0.25) is 0 Å². The van der Waals surface area contributed by atoms with E-state index in [0.717, 1.165) is 0 Å². The van der Waals surface area contributed by atoms with E-state index in [1.807, 2.05) is 0 Å². The average Bonchev–Trinajstić information content (AvgIpc) is 1.62. The standard InChI is InChI=1S/4CH4O3S.Pt/c4*1-5(2,3)4;/h4*1H3,(H,2,3,4);/q;;;;+4/p-4. The second-order valence-corrected chi connectivity index (χ2v) is 8.45. The molecular weight excluding hydrogens is 563 g/mol. The third-order valence-electron chi connectivity index (χ3n) is 0. The van der Waals surface area contributed by atoms with Gasteiger partial charge in [-0.05, 0) is 0 Å². The first kappa shape index (κ1) is 33.1. The molecule has 0 fully saturated rings. The summed E-state index contributed by atoms with van der Waals surface area (Å²) in [6, 6.07) is 0. The van der Waals surface area contributed by atoms with Gasteiger partial charge in [0.25, 0.3) is 0 Å². The normalized spacial score (nSPS) is 11.0. The summed E-state index contributed by atoms with van der Waals surface area (Å²) in [7, 11) is -15.7. The van der Waals surface area contributed by atoms with Crippen molar-refractivity contribution in [3.63, 3.8) is 0 Å². The van der Waals surface area contributed by atoms with Gasteiger partial charge < -0.3 is 18.2 Å². The third-order valence-corrected chi connectivity index (χ3v) is 0. The molecule has 21 heavy (non-hydrogen) atoms. The molecule has 0 saturated carbocycles. The molecule has 0 bridgehead atoms. The van der Waals surface area contributed by atoms with Crippen molar-refractivity contribution in [1.82, 2.24) is 0 Å². The Morgan fingerprint density at radius 2 is 0.429 bits per heavy atom. The predicted octanol–water partition coefficient (Wildman–Crippen LogP) is -3.36. The van der Waals surface area contributed by atoms with Gasteiger partial charge in [-0.25, -0.2) is 33.7 Å². The maximum absolute atomic E-state index is 9.08. The Morgan fingerprint density at radius 3 is 0.429 bits per heavy atom. The fourth-order valence-electron chi connectivity index (χ4n) is 0. The van der Waals surface area contributed by atoms with E-state index in [9.17, 15) is 0 Å². The van der Waals surface area contributed by atoms with Gasteiger partial charge in [0.15, 0.2) is 0 Å². The van der Waals surface area contributed by atoms with Crippen molar-refractivity contribution in [1.29, 1.82) is 0 Å². The molecule has 0 atom stereocenters. The van der Waals surface area contributed by atoms with Crippen LogP contribution in [0, 0.1) is 0 Å². The summed E-state index contributed by atoms with van der Waals surface area (Å²) in [5, 5.41) is 0. The molecular formula is C4H12O12PtS4. The Labute approximate surface area is 138 Å². The minimum absolute atomic E-state index is 0. The molecule has 17 heteroatoms. The fourth-order valence-corrected chi connectivity index (χ4v) is 0. The second kappa shape index (κ2) is 12.8. The minimum atomic E-state index is -3.92. The summed E-state index contributed by atoms with van der Waals surface area (Å²) < 4.78 is 109. The van der Waals surface area contributed by atoms with Crippen molar-refractivity contribution >= 4 is 40.5 Å². The predicted molar refractivity (Wildman–Crippen MR) is 62.5 cm³/mol. The van der Waals surface area contributed by atoms with Crippen LogP contribution in [-0.2, 0) is 61.5 Å². The number of rotatable bonds is 0. The Hall–Kier alpha value is 0.328. The number of hydrogen-bond donors (Lipinski definition) is 0. The zero-order valence-corrected chi connectivity index (χ0v) is 16.4. The van der Waals surface area contributed by atoms with Crippen molar-refractivity contribution in [2.24, 2.45) is 0 Å². The SMILES string of the molecule is CS(=O)(=O)[O-].CS(=O)(=O)[O-].CS(=O)(=O)[O-].CS(=O)(=O)[O-].[Pt+4]. The molecule has 12 nitrogen and oxygen atoms in total. The fraction of sp³-hybridized carbons (Fsp3) is 1.00. The average molecular weight is 575 g/mol. The van der Waals surface area contributed by atoms with Gasteiger partial charge in [-0.1, -0.05) is 0 Å². The van der Waals surface area contributed by atoms with Crippen LogP contribution in [0.5, 0.6) is 0 Å². The van der Waals surface area contributed by atoms with Crippen molar-refractivity contribution < 1.29 is 72.9 Å². The van der Waals surface area contributed by atoms with E-state index >= 15 is 0 Å². The van der Waals surface area contributed by atoms with Gasteiger partial charge in [-0.2, -0.15) is 0 Å². The first-order valence-electron chi connectivity index (χ1n) is 3.63. The van der Waals surface area contributed by atoms with Crippen LogP contribution in [0.3, 0.4) is 0 Å². The molecule has 0 N–H and O–H groups in total. The van der Waals surface area contributed by atoms with Crippen molar-refractivity contribution in [2.75, 3.05) is 25.0 Å². The van der Waals surface area contributed by atoms with E-state index in [1.165, 1.54) is 0 Å². The molecule has 0 spiro atoms. The Morgan fingerprint density at radius 1 is 0.429 bits per heavy atom. The van der Waals surface area contributed by atoms with E-state index in [2.05, 4.69) is 0 Å². The van der Waals surface area contributed by atoms with Crippen LogP contribution in [0.15, 0.2) is 0 Å². The van der Waals surface area contributed by atoms with Crippen molar-refractivity contribution in [3.8, 4) is 0 Å². The summed E-state index contributed by atoms with van der Waals surface area (Å²) in [4.78, 5) is 0. The van der Waals surface area contributed by atoms with Crippen molar-refractivity contribution in [2.45, 2.75) is 0 Å². The monoisotopic (exact) mass is 575 g/mol. The molecule has 0 saturated heterocycles. The second-order valence-electron chi connectivity index (χ2n) is 2.82. The van der Waals surface area contributed by atoms with Crippen molar-refractivity contribution in [3.05, 3.63) is 0 Å². The molecule has 0 heterocycles. The molecule has 0 rings (SSSR count). The van der Waals surface area contributed by atoms with Crippen LogP contribution >= 0.6 is 0 Å². The maximum atomic E-state index is 9.08. The van der Waals surface area contributed by atoms with Gasteiger partial charge in [0.1, 0.15) is 0 Å². The van der Waals surface area contributed by atoms with E-state index in [1.54, 1.807) is 0 Å². The Balaban J connectivity index is -0.0000000533. The molecule has 0 aromatic carbocycles. The summed E-state index contributed by atoms with van der Waals surface area (Å²) >= 11 is 0. The van der Waals surface area contributed by atoms with Gasteiger partial charge in [-0.3, -0.25) is 0 Å². The maximum Gasteiger partial charge on any atom is 4.00 e. The molecule has 134 valence electrons. The van der Waals surface area contributed by atoms with Crippen LogP contribution in [0.4, 0.5) is 0 Å². The molecule has 0 unspecified atom stereocenters. The van der Waals surface area contributed by atoms with Gasteiger partial charge in [0, 0.05) is 25.0 Å². The zero-order chi connectivity index (χ0) is 18.0. The quantitative estimate of drug-likeness (QED) is 0.258. The van der Waals surface area contributed by atoms with Crippen LogP contribution in [0.25, 0.3) is 0 Å². The van der Waals surface area contributed by atoms with E-state index in [0.29, 0.717) is 25.0 Å². The number of hydrogen-bond acceptors (Lipinski definition) is 12. The summed E-state index contributed by atoms with van der Waals surface area (Å²) in [5.74, 6) is 0. The molecule has 0 aliphatic rings. The third kappa shape index (κ3) is 63400. The molecule has 0 aromatic heterocycles. The summed E-state index contributed by atoms with van der Waals surface area (Å²) in [6.45, 7) is 0. The van der Waals surface area contributed by atoms with Crippen LogP contribution in [-0.4, -0.2) is 76.9 Å². The summed E-state index contributed by atoms with van der Waals surface area (Å²) in [6.07, 6.45) is 2.42. The molecule has 0 radical (unpaired) electrons. The van der Waals surface area contributed by atoms with Gasteiger partial charge >= 0.3 is 21.1 Å². The first-order valence-corrected chi connectivity index (χ1v) is 10.9. The first-order chi connectivity index (χ1) is 8.00. The molecule has 0 aromatic rings. The smallest absolute Gasteiger partial charge is 0.748 e. The molecule has 0 aliphatic carbocycles. The topological polar surface area (TPSA) is 229 Å². The van der Waals surface area contributed by atoms with Gasteiger partial charge in [0.2, 0.25) is 0 Å². The molecule has 0 aliphatic heterocycles. The van der Waals surface area contributed by atoms with E-state index in [4.69, 9.17) is 51.9 Å². The summed E-state index contributed by atoms with van der Waals surface area (Å²) in [5.41, 5.74) is 0. The van der Waals surface area contributed by atoms with Crippen LogP contribution in [0.1, 0.15) is 0 Å². The largest absolute Gasteiger partial charge is 4.00 e. The van der Waals surface area contributed by atoms with Crippen LogP contribution < -0.4 is 0 Å². The minimum Gasteiger partial charge on any atom is -0.748 e. The Bertz CT molecular complexity index is 486. The van der Waals surface area contributed by atoms with Gasteiger partial charge in [0.05, 0.1) is 40.5 Å². The zero-order valence-electron chi connectivity index (χ0n) is 10.8. The van der Waals surface area contributed by atoms with E-state index < -0.39 is 40.5 Å². The van der Waals surface area contributed by atoms with E-state index in [-0.39, 0.29) is 21.1 Å². The van der Waals surface area contributed by atoms with Gasteiger partial charge in [-0.15, -0.1) is 0 Å². The molecule has 0 amide bonds. The Kier molecular flexibility index (Phi) is 20.2.